The van der Waals surface area contributed by atoms with E-state index in [-0.39, 0.29) is 12.5 Å². The normalized spacial score (nSPS) is 11.8. The van der Waals surface area contributed by atoms with Gasteiger partial charge in [0, 0.05) is 7.05 Å². The molecule has 5 nitrogen and oxygen atoms in total. The van der Waals surface area contributed by atoms with Gasteiger partial charge in [-0.15, -0.1) is 0 Å². The Bertz CT molecular complexity index is 455. The van der Waals surface area contributed by atoms with E-state index in [0.29, 0.717) is 12.2 Å². The van der Waals surface area contributed by atoms with Crippen molar-refractivity contribution in [1.29, 1.82) is 0 Å². The van der Waals surface area contributed by atoms with Crippen molar-refractivity contribution >= 4 is 11.9 Å². The number of nitrogens with zero attached hydrogens (tertiary/aromatic N) is 1. The summed E-state index contributed by atoms with van der Waals surface area (Å²) in [5.74, 6) is -0.748. The number of hydrogen-bond acceptors (Lipinski definition) is 3. The van der Waals surface area contributed by atoms with Gasteiger partial charge in [0.2, 0.25) is 0 Å². The van der Waals surface area contributed by atoms with E-state index in [0.717, 1.165) is 6.42 Å². The number of aryl methyl sites for hydroxylation is 1. The number of likely N-dealkylation sites (N-methyl/N-ethyl adjacent to an activating group) is 1. The van der Waals surface area contributed by atoms with Gasteiger partial charge >= 0.3 is 5.97 Å². The number of rotatable bonds is 7. The van der Waals surface area contributed by atoms with Crippen molar-refractivity contribution in [2.24, 2.45) is 0 Å². The number of benzene rings is 1. The van der Waals surface area contributed by atoms with Crippen LogP contribution in [0.2, 0.25) is 0 Å². The number of carboxylic acids is 1. The van der Waals surface area contributed by atoms with Crippen molar-refractivity contribution in [3.63, 3.8) is 0 Å². The third-order valence-corrected chi connectivity index (χ3v) is 3.23. The zero-order valence-corrected chi connectivity index (χ0v) is 12.1. The fraction of sp³-hybridized carbons (Fsp3) is 0.467. The van der Waals surface area contributed by atoms with E-state index < -0.39 is 12.0 Å². The first-order chi connectivity index (χ1) is 9.49. The van der Waals surface area contributed by atoms with Gasteiger partial charge < -0.3 is 14.7 Å². The van der Waals surface area contributed by atoms with E-state index in [1.54, 1.807) is 19.1 Å². The average molecular weight is 279 g/mol. The SMILES string of the molecule is CCc1ccc(OCC(=O)N(C)C(CC)C(=O)O)cc1. The molecule has 1 rings (SSSR count). The first kappa shape index (κ1) is 16.0. The molecule has 0 aliphatic carbocycles. The van der Waals surface area contributed by atoms with Crippen molar-refractivity contribution in [1.82, 2.24) is 4.90 Å². The summed E-state index contributed by atoms with van der Waals surface area (Å²) in [6, 6.07) is 6.68. The Morgan fingerprint density at radius 1 is 1.25 bits per heavy atom. The molecule has 0 bridgehead atoms. The van der Waals surface area contributed by atoms with Crippen molar-refractivity contribution in [2.75, 3.05) is 13.7 Å². The van der Waals surface area contributed by atoms with Crippen molar-refractivity contribution < 1.29 is 19.4 Å². The summed E-state index contributed by atoms with van der Waals surface area (Å²) in [6.45, 7) is 3.63. The summed E-state index contributed by atoms with van der Waals surface area (Å²) in [7, 11) is 1.48. The third kappa shape index (κ3) is 4.26. The number of aliphatic carboxylic acids is 1. The van der Waals surface area contributed by atoms with Crippen LogP contribution in [0, 0.1) is 0 Å². The molecule has 1 unspecified atom stereocenters. The molecule has 110 valence electrons. The van der Waals surface area contributed by atoms with Crippen LogP contribution in [0.5, 0.6) is 5.75 Å². The number of ether oxygens (including phenoxy) is 1. The standard InChI is InChI=1S/C15H21NO4/c1-4-11-6-8-12(9-7-11)20-10-14(17)16(3)13(5-2)15(18)19/h6-9,13H,4-5,10H2,1-3H3,(H,18,19). The van der Waals surface area contributed by atoms with Crippen molar-refractivity contribution in [3.05, 3.63) is 29.8 Å². The number of carbonyl (C=O) groups is 2. The molecule has 1 aromatic carbocycles. The molecule has 0 aliphatic rings. The Balaban J connectivity index is 2.55. The van der Waals surface area contributed by atoms with Gasteiger partial charge in [-0.05, 0) is 30.5 Å². The Hall–Kier alpha value is -2.04. The lowest BCUT2D eigenvalue weighted by molar-refractivity contribution is -0.149. The number of carboxylic acid groups (broad SMARTS) is 1. The number of hydrogen-bond donors (Lipinski definition) is 1. The molecule has 1 aromatic rings. The molecule has 0 heterocycles. The average Bonchev–Trinajstić information content (AvgIpc) is 2.45. The first-order valence-electron chi connectivity index (χ1n) is 6.69. The highest BCUT2D eigenvalue weighted by Crippen LogP contribution is 2.13. The molecular weight excluding hydrogens is 258 g/mol. The lowest BCUT2D eigenvalue weighted by atomic mass is 10.2. The smallest absolute Gasteiger partial charge is 0.326 e. The van der Waals surface area contributed by atoms with E-state index >= 15 is 0 Å². The van der Waals surface area contributed by atoms with Crippen LogP contribution in [0.3, 0.4) is 0 Å². The summed E-state index contributed by atoms with van der Waals surface area (Å²) in [5, 5.41) is 9.00. The third-order valence-electron chi connectivity index (χ3n) is 3.23. The van der Waals surface area contributed by atoms with Gasteiger partial charge in [0.25, 0.3) is 5.91 Å². The predicted molar refractivity (Wildman–Crippen MR) is 75.8 cm³/mol. The molecule has 5 heteroatoms. The maximum absolute atomic E-state index is 11.9. The Kier molecular flexibility index (Phi) is 6.03. The molecule has 0 saturated heterocycles. The largest absolute Gasteiger partial charge is 0.484 e. The van der Waals surface area contributed by atoms with Gasteiger partial charge in [0.15, 0.2) is 6.61 Å². The summed E-state index contributed by atoms with van der Waals surface area (Å²) in [6.07, 6.45) is 1.31. The molecule has 1 atom stereocenters. The van der Waals surface area contributed by atoms with Crippen LogP contribution in [0.15, 0.2) is 24.3 Å². The number of carbonyl (C=O) groups excluding carboxylic acids is 1. The van der Waals surface area contributed by atoms with Crippen LogP contribution >= 0.6 is 0 Å². The fourth-order valence-corrected chi connectivity index (χ4v) is 1.86. The molecule has 1 amide bonds. The van der Waals surface area contributed by atoms with Crippen LogP contribution in [0.1, 0.15) is 25.8 Å². The second kappa shape index (κ2) is 7.53. The van der Waals surface area contributed by atoms with E-state index in [1.165, 1.54) is 17.5 Å². The summed E-state index contributed by atoms with van der Waals surface area (Å²) >= 11 is 0. The van der Waals surface area contributed by atoms with Crippen LogP contribution in [-0.4, -0.2) is 41.6 Å². The second-order valence-electron chi connectivity index (χ2n) is 4.55. The zero-order chi connectivity index (χ0) is 15.1. The maximum Gasteiger partial charge on any atom is 0.326 e. The second-order valence-corrected chi connectivity index (χ2v) is 4.55. The van der Waals surface area contributed by atoms with E-state index in [1.807, 2.05) is 12.1 Å². The monoisotopic (exact) mass is 279 g/mol. The fourth-order valence-electron chi connectivity index (χ4n) is 1.86. The molecule has 0 aliphatic heterocycles. The van der Waals surface area contributed by atoms with Crippen molar-refractivity contribution in [3.8, 4) is 5.75 Å². The van der Waals surface area contributed by atoms with Gasteiger partial charge in [-0.3, -0.25) is 4.79 Å². The highest BCUT2D eigenvalue weighted by molar-refractivity contribution is 5.84. The van der Waals surface area contributed by atoms with Crippen LogP contribution in [0.25, 0.3) is 0 Å². The first-order valence-corrected chi connectivity index (χ1v) is 6.69. The lowest BCUT2D eigenvalue weighted by Gasteiger charge is -2.23. The molecule has 0 saturated carbocycles. The molecule has 0 fully saturated rings. The van der Waals surface area contributed by atoms with Gasteiger partial charge in [-0.1, -0.05) is 26.0 Å². The maximum atomic E-state index is 11.9. The molecule has 20 heavy (non-hydrogen) atoms. The Morgan fingerprint density at radius 2 is 1.85 bits per heavy atom. The van der Waals surface area contributed by atoms with E-state index in [9.17, 15) is 9.59 Å². The summed E-state index contributed by atoms with van der Waals surface area (Å²) in [5.41, 5.74) is 1.19. The molecule has 0 radical (unpaired) electrons. The topological polar surface area (TPSA) is 66.8 Å². The highest BCUT2D eigenvalue weighted by Gasteiger charge is 2.24. The number of amides is 1. The van der Waals surface area contributed by atoms with Gasteiger partial charge in [-0.25, -0.2) is 4.79 Å². The van der Waals surface area contributed by atoms with Gasteiger partial charge in [-0.2, -0.15) is 0 Å². The Morgan fingerprint density at radius 3 is 2.30 bits per heavy atom. The minimum absolute atomic E-state index is 0.161. The van der Waals surface area contributed by atoms with Crippen LogP contribution < -0.4 is 4.74 Å². The quantitative estimate of drug-likeness (QED) is 0.828. The molecule has 1 N–H and O–H groups in total. The highest BCUT2D eigenvalue weighted by atomic mass is 16.5. The summed E-state index contributed by atoms with van der Waals surface area (Å²) in [4.78, 5) is 24.1. The molecule has 0 spiro atoms. The minimum Gasteiger partial charge on any atom is -0.484 e. The lowest BCUT2D eigenvalue weighted by Crippen LogP contribution is -2.44. The van der Waals surface area contributed by atoms with E-state index in [2.05, 4.69) is 6.92 Å². The van der Waals surface area contributed by atoms with Crippen molar-refractivity contribution in [2.45, 2.75) is 32.7 Å². The minimum atomic E-state index is -1.00. The van der Waals surface area contributed by atoms with Crippen LogP contribution in [0.4, 0.5) is 0 Å². The summed E-state index contributed by atoms with van der Waals surface area (Å²) < 4.78 is 5.38. The molecular formula is C15H21NO4. The predicted octanol–water partition coefficient (Wildman–Crippen LogP) is 1.95. The van der Waals surface area contributed by atoms with E-state index in [4.69, 9.17) is 9.84 Å². The van der Waals surface area contributed by atoms with Gasteiger partial charge in [0.05, 0.1) is 0 Å². The molecule has 0 aromatic heterocycles. The zero-order valence-electron chi connectivity index (χ0n) is 12.1. The van der Waals surface area contributed by atoms with Gasteiger partial charge in [0.1, 0.15) is 11.8 Å². The Labute approximate surface area is 119 Å². The van der Waals surface area contributed by atoms with Crippen LogP contribution in [-0.2, 0) is 16.0 Å².